The van der Waals surface area contributed by atoms with Gasteiger partial charge in [0.15, 0.2) is 0 Å². The molecule has 5 aromatic rings. The fraction of sp³-hybridized carbons (Fsp3) is 0.344. The number of benzene rings is 2. The maximum atomic E-state index is 13.5. The number of hydrogen-bond acceptors (Lipinski definition) is 6. The SMILES string of the molecule is COc1ccc(-c2oc3cc(C)oc(=O)c3c2CC(=O)NCC2(Cc3nc4ccccc4[nH]3)CCCCC2)cc1. The number of imidazole rings is 1. The Balaban J connectivity index is 1.26. The average Bonchev–Trinajstić information content (AvgIpc) is 3.53. The number of aryl methyl sites for hydroxylation is 1. The molecule has 206 valence electrons. The Morgan fingerprint density at radius 2 is 1.85 bits per heavy atom. The largest absolute Gasteiger partial charge is 0.497 e. The number of carbonyl (C=O) groups excluding carboxylic acids is 1. The van der Waals surface area contributed by atoms with Crippen LogP contribution in [0.25, 0.3) is 33.3 Å². The number of rotatable bonds is 8. The average molecular weight is 540 g/mol. The molecule has 2 aromatic carbocycles. The van der Waals surface area contributed by atoms with E-state index >= 15 is 0 Å². The van der Waals surface area contributed by atoms with Crippen molar-refractivity contribution in [2.45, 2.75) is 51.9 Å². The summed E-state index contributed by atoms with van der Waals surface area (Å²) in [6.45, 7) is 2.25. The van der Waals surface area contributed by atoms with E-state index in [9.17, 15) is 9.59 Å². The van der Waals surface area contributed by atoms with E-state index in [0.29, 0.717) is 40.3 Å². The summed E-state index contributed by atoms with van der Waals surface area (Å²) < 4.78 is 16.8. The van der Waals surface area contributed by atoms with E-state index in [0.717, 1.165) is 54.5 Å². The lowest BCUT2D eigenvalue weighted by Gasteiger charge is -2.37. The number of aromatic nitrogens is 2. The summed E-state index contributed by atoms with van der Waals surface area (Å²) in [5.74, 6) is 2.44. The Kier molecular flexibility index (Phi) is 6.92. The van der Waals surface area contributed by atoms with Crippen LogP contribution in [0.5, 0.6) is 5.75 Å². The minimum atomic E-state index is -0.505. The standard InChI is InChI=1S/C32H33N3O5/c1-20-16-26-29(31(37)39-20)23(30(40-26)21-10-12-22(38-2)13-11-21)17-28(36)33-19-32(14-6-3-7-15-32)18-27-34-24-8-4-5-9-25(24)35-27/h4-5,8-13,16H,3,6-7,14-15,17-19H2,1-2H3,(H,33,36)(H,34,35). The summed E-state index contributed by atoms with van der Waals surface area (Å²) in [5.41, 5.74) is 3.10. The van der Waals surface area contributed by atoms with E-state index in [1.165, 1.54) is 6.42 Å². The van der Waals surface area contributed by atoms with Crippen molar-refractivity contribution in [2.75, 3.05) is 13.7 Å². The van der Waals surface area contributed by atoms with Gasteiger partial charge >= 0.3 is 5.63 Å². The number of H-pyrrole nitrogens is 1. The minimum absolute atomic E-state index is 0.00288. The van der Waals surface area contributed by atoms with Crippen LogP contribution in [0.1, 0.15) is 49.3 Å². The fourth-order valence-corrected chi connectivity index (χ4v) is 6.04. The lowest BCUT2D eigenvalue weighted by molar-refractivity contribution is -0.121. The highest BCUT2D eigenvalue weighted by atomic mass is 16.5. The molecule has 0 unspecified atom stereocenters. The fourth-order valence-electron chi connectivity index (χ4n) is 6.04. The Labute approximate surface area is 231 Å². The number of furan rings is 1. The molecule has 3 heterocycles. The first kappa shape index (κ1) is 25.9. The van der Waals surface area contributed by atoms with Gasteiger partial charge in [0, 0.05) is 30.2 Å². The van der Waals surface area contributed by atoms with Gasteiger partial charge in [0.1, 0.15) is 34.1 Å². The number of para-hydroxylation sites is 2. The van der Waals surface area contributed by atoms with Gasteiger partial charge in [-0.1, -0.05) is 31.4 Å². The number of methoxy groups -OCH3 is 1. The van der Waals surface area contributed by atoms with Crippen LogP contribution in [-0.4, -0.2) is 29.5 Å². The van der Waals surface area contributed by atoms with Crippen LogP contribution in [0.2, 0.25) is 0 Å². The molecule has 2 N–H and O–H groups in total. The second kappa shape index (κ2) is 10.7. The van der Waals surface area contributed by atoms with Crippen LogP contribution in [0, 0.1) is 12.3 Å². The van der Waals surface area contributed by atoms with E-state index in [-0.39, 0.29) is 17.7 Å². The Morgan fingerprint density at radius 3 is 2.60 bits per heavy atom. The molecule has 1 aliphatic carbocycles. The van der Waals surface area contributed by atoms with Crippen molar-refractivity contribution < 1.29 is 18.4 Å². The molecule has 1 fully saturated rings. The molecule has 0 aliphatic heterocycles. The summed E-state index contributed by atoms with van der Waals surface area (Å²) in [6, 6.07) is 17.1. The highest BCUT2D eigenvalue weighted by Gasteiger charge is 2.34. The molecule has 0 bridgehead atoms. The van der Waals surface area contributed by atoms with Gasteiger partial charge in [-0.2, -0.15) is 0 Å². The number of ether oxygens (including phenoxy) is 1. The Morgan fingerprint density at radius 1 is 1.07 bits per heavy atom. The lowest BCUT2D eigenvalue weighted by Crippen LogP contribution is -2.41. The molecular formula is C32H33N3O5. The molecule has 40 heavy (non-hydrogen) atoms. The van der Waals surface area contributed by atoms with E-state index in [2.05, 4.69) is 10.3 Å². The van der Waals surface area contributed by atoms with Gasteiger partial charge in [-0.15, -0.1) is 0 Å². The number of fused-ring (bicyclic) bond motifs is 2. The van der Waals surface area contributed by atoms with Crippen LogP contribution < -0.4 is 15.7 Å². The van der Waals surface area contributed by atoms with Crippen LogP contribution in [0.4, 0.5) is 0 Å². The molecule has 3 aromatic heterocycles. The number of hydrogen-bond donors (Lipinski definition) is 2. The molecular weight excluding hydrogens is 506 g/mol. The number of aromatic amines is 1. The molecule has 1 saturated carbocycles. The third-order valence-corrected chi connectivity index (χ3v) is 8.07. The van der Waals surface area contributed by atoms with Crippen LogP contribution in [0.15, 0.2) is 68.2 Å². The van der Waals surface area contributed by atoms with Crippen molar-refractivity contribution in [3.63, 3.8) is 0 Å². The van der Waals surface area contributed by atoms with E-state index in [1.807, 2.05) is 48.5 Å². The first-order valence-corrected chi connectivity index (χ1v) is 13.8. The van der Waals surface area contributed by atoms with Gasteiger partial charge < -0.3 is 23.9 Å². The molecule has 0 saturated heterocycles. The van der Waals surface area contributed by atoms with Crippen molar-refractivity contribution in [1.29, 1.82) is 0 Å². The number of nitrogens with zero attached hydrogens (tertiary/aromatic N) is 1. The zero-order valence-corrected chi connectivity index (χ0v) is 22.8. The van der Waals surface area contributed by atoms with Crippen molar-refractivity contribution in [3.05, 3.63) is 82.2 Å². The first-order valence-electron chi connectivity index (χ1n) is 13.8. The topological polar surface area (TPSA) is 110 Å². The summed E-state index contributed by atoms with van der Waals surface area (Å²) >= 11 is 0. The van der Waals surface area contributed by atoms with Crippen LogP contribution in [-0.2, 0) is 17.6 Å². The summed E-state index contributed by atoms with van der Waals surface area (Å²) in [4.78, 5) is 34.6. The summed E-state index contributed by atoms with van der Waals surface area (Å²) in [6.07, 6.45) is 6.30. The van der Waals surface area contributed by atoms with E-state index < -0.39 is 5.63 Å². The molecule has 0 atom stereocenters. The maximum absolute atomic E-state index is 13.5. The monoisotopic (exact) mass is 539 g/mol. The number of amides is 1. The molecule has 8 heteroatoms. The third kappa shape index (κ3) is 5.13. The van der Waals surface area contributed by atoms with Crippen molar-refractivity contribution in [1.82, 2.24) is 15.3 Å². The number of nitrogens with one attached hydrogen (secondary N) is 2. The minimum Gasteiger partial charge on any atom is -0.497 e. The molecule has 0 radical (unpaired) electrons. The lowest BCUT2D eigenvalue weighted by atomic mass is 9.71. The van der Waals surface area contributed by atoms with Crippen molar-refractivity contribution in [2.24, 2.45) is 5.41 Å². The summed E-state index contributed by atoms with van der Waals surface area (Å²) in [5, 5.41) is 3.51. The van der Waals surface area contributed by atoms with Crippen LogP contribution in [0.3, 0.4) is 0 Å². The molecule has 1 amide bonds. The van der Waals surface area contributed by atoms with Gasteiger partial charge in [0.05, 0.1) is 24.6 Å². The molecule has 6 rings (SSSR count). The first-order chi connectivity index (χ1) is 19.4. The van der Waals surface area contributed by atoms with Gasteiger partial charge in [0.25, 0.3) is 0 Å². The molecule has 1 aliphatic rings. The predicted octanol–water partition coefficient (Wildman–Crippen LogP) is 6.10. The maximum Gasteiger partial charge on any atom is 0.347 e. The zero-order valence-electron chi connectivity index (χ0n) is 22.8. The van der Waals surface area contributed by atoms with Crippen molar-refractivity contribution >= 4 is 27.9 Å². The van der Waals surface area contributed by atoms with Gasteiger partial charge in [0.2, 0.25) is 5.91 Å². The van der Waals surface area contributed by atoms with Gasteiger partial charge in [-0.25, -0.2) is 9.78 Å². The zero-order chi connectivity index (χ0) is 27.7. The van der Waals surface area contributed by atoms with Gasteiger partial charge in [-0.3, -0.25) is 4.79 Å². The summed E-state index contributed by atoms with van der Waals surface area (Å²) in [7, 11) is 1.60. The second-order valence-corrected chi connectivity index (χ2v) is 10.9. The Hall–Kier alpha value is -4.33. The smallest absolute Gasteiger partial charge is 0.347 e. The highest BCUT2D eigenvalue weighted by molar-refractivity contribution is 5.92. The van der Waals surface area contributed by atoms with E-state index in [1.54, 1.807) is 20.1 Å². The quantitative estimate of drug-likeness (QED) is 0.247. The third-order valence-electron chi connectivity index (χ3n) is 8.07. The van der Waals surface area contributed by atoms with E-state index in [4.69, 9.17) is 18.6 Å². The van der Waals surface area contributed by atoms with Crippen LogP contribution >= 0.6 is 0 Å². The molecule has 8 nitrogen and oxygen atoms in total. The van der Waals surface area contributed by atoms with Gasteiger partial charge in [-0.05, 0) is 61.6 Å². The molecule has 0 spiro atoms. The Bertz CT molecular complexity index is 1690. The normalized spacial score (nSPS) is 14.9. The predicted molar refractivity (Wildman–Crippen MR) is 154 cm³/mol. The highest BCUT2D eigenvalue weighted by Crippen LogP contribution is 2.39. The second-order valence-electron chi connectivity index (χ2n) is 10.9. The number of carbonyl (C=O) groups is 1. The van der Waals surface area contributed by atoms with Crippen molar-refractivity contribution in [3.8, 4) is 17.1 Å².